The molecule has 2 aliphatic carbocycles. The summed E-state index contributed by atoms with van der Waals surface area (Å²) in [4.78, 5) is 15.2. The fourth-order valence-corrected chi connectivity index (χ4v) is 5.09. The van der Waals surface area contributed by atoms with Gasteiger partial charge in [-0.1, -0.05) is 19.3 Å². The summed E-state index contributed by atoms with van der Waals surface area (Å²) in [6.07, 6.45) is 9.65. The van der Waals surface area contributed by atoms with Crippen molar-refractivity contribution in [2.75, 3.05) is 13.1 Å². The molecule has 3 nitrogen and oxygen atoms in total. The van der Waals surface area contributed by atoms with Gasteiger partial charge >= 0.3 is 0 Å². The molecule has 2 heterocycles. The van der Waals surface area contributed by atoms with E-state index in [4.69, 9.17) is 0 Å². The molecule has 1 spiro atoms. The second kappa shape index (κ2) is 7.76. The van der Waals surface area contributed by atoms with Gasteiger partial charge in [0.1, 0.15) is 0 Å². The summed E-state index contributed by atoms with van der Waals surface area (Å²) in [5.41, 5.74) is 1.75. The van der Waals surface area contributed by atoms with E-state index < -0.39 is 0 Å². The molecule has 1 aromatic rings. The number of amides is 1. The highest BCUT2D eigenvalue weighted by Crippen LogP contribution is 2.56. The number of carbonyl (C=O) groups is 1. The first-order valence-electron chi connectivity index (χ1n) is 9.28. The molecule has 2 saturated carbocycles. The molecular weight excluding hydrogens is 340 g/mol. The third kappa shape index (κ3) is 3.81. The van der Waals surface area contributed by atoms with E-state index in [1.54, 1.807) is 11.3 Å². The van der Waals surface area contributed by atoms with Crippen LogP contribution in [0, 0.1) is 11.3 Å². The monoisotopic (exact) mass is 368 g/mol. The maximum absolute atomic E-state index is 12.9. The molecule has 4 rings (SSSR count). The fourth-order valence-electron chi connectivity index (χ4n) is 4.43. The average Bonchev–Trinajstić information content (AvgIpc) is 2.96. The number of nitrogens with zero attached hydrogens (tertiary/aromatic N) is 1. The lowest BCUT2D eigenvalue weighted by molar-refractivity contribution is -0.133. The lowest BCUT2D eigenvalue weighted by Gasteiger charge is -2.31. The van der Waals surface area contributed by atoms with Gasteiger partial charge in [-0.3, -0.25) is 4.79 Å². The topological polar surface area (TPSA) is 32.3 Å². The van der Waals surface area contributed by atoms with Crippen LogP contribution in [-0.2, 0) is 11.3 Å². The highest BCUT2D eigenvalue weighted by Gasteiger charge is 2.57. The number of halogens is 1. The number of piperidine rings is 1. The van der Waals surface area contributed by atoms with Gasteiger partial charge in [0.05, 0.1) is 0 Å². The van der Waals surface area contributed by atoms with Gasteiger partial charge in [0.25, 0.3) is 0 Å². The highest BCUT2D eigenvalue weighted by molar-refractivity contribution is 7.07. The van der Waals surface area contributed by atoms with Crippen LogP contribution in [0.25, 0.3) is 0 Å². The summed E-state index contributed by atoms with van der Waals surface area (Å²) in [7, 11) is 0. The Labute approximate surface area is 155 Å². The summed E-state index contributed by atoms with van der Waals surface area (Å²) in [6.45, 7) is 3.07. The molecule has 1 amide bonds. The van der Waals surface area contributed by atoms with Gasteiger partial charge in [0.15, 0.2) is 0 Å². The smallest absolute Gasteiger partial charge is 0.223 e. The van der Waals surface area contributed by atoms with Gasteiger partial charge in [-0.2, -0.15) is 11.3 Å². The van der Waals surface area contributed by atoms with Crippen LogP contribution in [0.15, 0.2) is 16.8 Å². The SMILES string of the molecule is Cl.O=C(CCC1CCC1)N(Cc1ccsc1)C1CC12CCNCC2. The van der Waals surface area contributed by atoms with E-state index in [0.29, 0.717) is 17.4 Å². The van der Waals surface area contributed by atoms with Crippen molar-refractivity contribution in [1.29, 1.82) is 0 Å². The summed E-state index contributed by atoms with van der Waals surface area (Å²) >= 11 is 1.74. The quantitative estimate of drug-likeness (QED) is 0.815. The molecule has 1 aromatic heterocycles. The molecule has 1 aliphatic heterocycles. The first-order valence-corrected chi connectivity index (χ1v) is 10.2. The molecule has 134 valence electrons. The Morgan fingerprint density at radius 2 is 2.12 bits per heavy atom. The number of hydrogen-bond donors (Lipinski definition) is 1. The van der Waals surface area contributed by atoms with Crippen molar-refractivity contribution >= 4 is 29.7 Å². The molecule has 1 unspecified atom stereocenters. The molecule has 1 atom stereocenters. The Hall–Kier alpha value is -0.580. The normalized spacial score (nSPS) is 24.9. The third-order valence-electron chi connectivity index (χ3n) is 6.37. The molecule has 5 heteroatoms. The molecule has 3 fully saturated rings. The minimum atomic E-state index is 0. The average molecular weight is 369 g/mol. The summed E-state index contributed by atoms with van der Waals surface area (Å²) < 4.78 is 0. The minimum absolute atomic E-state index is 0. The molecule has 0 aromatic carbocycles. The van der Waals surface area contributed by atoms with E-state index in [1.165, 1.54) is 44.1 Å². The maximum atomic E-state index is 12.9. The van der Waals surface area contributed by atoms with E-state index in [2.05, 4.69) is 27.0 Å². The number of rotatable bonds is 6. The lowest BCUT2D eigenvalue weighted by atomic mass is 9.82. The minimum Gasteiger partial charge on any atom is -0.335 e. The van der Waals surface area contributed by atoms with Crippen LogP contribution in [0.5, 0.6) is 0 Å². The van der Waals surface area contributed by atoms with Gasteiger partial charge in [-0.25, -0.2) is 0 Å². The maximum Gasteiger partial charge on any atom is 0.223 e. The number of hydrogen-bond acceptors (Lipinski definition) is 3. The molecule has 24 heavy (non-hydrogen) atoms. The molecule has 1 N–H and O–H groups in total. The van der Waals surface area contributed by atoms with Crippen molar-refractivity contribution in [2.45, 2.75) is 64.0 Å². The van der Waals surface area contributed by atoms with E-state index in [-0.39, 0.29) is 12.4 Å². The Kier molecular flexibility index (Phi) is 5.89. The lowest BCUT2D eigenvalue weighted by Crippen LogP contribution is -2.39. The Morgan fingerprint density at radius 1 is 1.33 bits per heavy atom. The van der Waals surface area contributed by atoms with Crippen LogP contribution in [0.2, 0.25) is 0 Å². The zero-order valence-electron chi connectivity index (χ0n) is 14.3. The zero-order valence-corrected chi connectivity index (χ0v) is 16.0. The highest BCUT2D eigenvalue weighted by atomic mass is 35.5. The summed E-state index contributed by atoms with van der Waals surface area (Å²) in [6, 6.07) is 2.67. The van der Waals surface area contributed by atoms with E-state index in [9.17, 15) is 4.79 Å². The first-order chi connectivity index (χ1) is 11.3. The largest absolute Gasteiger partial charge is 0.335 e. The van der Waals surface area contributed by atoms with Crippen molar-refractivity contribution in [3.05, 3.63) is 22.4 Å². The Bertz CT molecular complexity index is 538. The van der Waals surface area contributed by atoms with Gasteiger partial charge in [-0.15, -0.1) is 12.4 Å². The van der Waals surface area contributed by atoms with Crippen LogP contribution < -0.4 is 5.32 Å². The molecule has 0 bridgehead atoms. The summed E-state index contributed by atoms with van der Waals surface area (Å²) in [5, 5.41) is 7.79. The van der Waals surface area contributed by atoms with E-state index in [1.807, 2.05) is 0 Å². The van der Waals surface area contributed by atoms with Gasteiger partial charge in [0, 0.05) is 19.0 Å². The van der Waals surface area contributed by atoms with Crippen molar-refractivity contribution < 1.29 is 4.79 Å². The van der Waals surface area contributed by atoms with Crippen molar-refractivity contribution in [3.63, 3.8) is 0 Å². The van der Waals surface area contributed by atoms with E-state index >= 15 is 0 Å². The molecular formula is C19H29ClN2OS. The fraction of sp³-hybridized carbons (Fsp3) is 0.737. The van der Waals surface area contributed by atoms with Crippen molar-refractivity contribution in [1.82, 2.24) is 10.2 Å². The number of carbonyl (C=O) groups excluding carboxylic acids is 1. The van der Waals surface area contributed by atoms with Gasteiger partial charge < -0.3 is 10.2 Å². The van der Waals surface area contributed by atoms with Crippen LogP contribution in [0.1, 0.15) is 56.9 Å². The second-order valence-electron chi connectivity index (χ2n) is 7.82. The number of nitrogens with one attached hydrogen (secondary N) is 1. The Balaban J connectivity index is 0.00000169. The summed E-state index contributed by atoms with van der Waals surface area (Å²) in [5.74, 6) is 1.23. The predicted octanol–water partition coefficient (Wildman–Crippen LogP) is 4.22. The molecule has 1 saturated heterocycles. The molecule has 3 aliphatic rings. The zero-order chi connectivity index (χ0) is 15.7. The van der Waals surface area contributed by atoms with Crippen LogP contribution in [0.4, 0.5) is 0 Å². The van der Waals surface area contributed by atoms with Crippen LogP contribution in [0.3, 0.4) is 0 Å². The van der Waals surface area contributed by atoms with Gasteiger partial charge in [0.2, 0.25) is 5.91 Å². The predicted molar refractivity (Wildman–Crippen MR) is 102 cm³/mol. The van der Waals surface area contributed by atoms with Crippen LogP contribution >= 0.6 is 23.7 Å². The first kappa shape index (κ1) is 18.2. The van der Waals surface area contributed by atoms with Crippen LogP contribution in [-0.4, -0.2) is 29.9 Å². The molecule has 0 radical (unpaired) electrons. The van der Waals surface area contributed by atoms with Gasteiger partial charge in [-0.05, 0) is 72.5 Å². The standard InChI is InChI=1S/C19H28N2OS.ClH/c22-18(5-4-15-2-1-3-15)21(13-16-6-11-23-14-16)17-12-19(17)7-9-20-10-8-19;/h6,11,14-15,17,20H,1-5,7-10,12-13H2;1H. The van der Waals surface area contributed by atoms with E-state index in [0.717, 1.165) is 38.4 Å². The second-order valence-corrected chi connectivity index (χ2v) is 8.60. The number of thiophene rings is 1. The van der Waals surface area contributed by atoms with Crippen molar-refractivity contribution in [3.8, 4) is 0 Å². The third-order valence-corrected chi connectivity index (χ3v) is 7.10. The van der Waals surface area contributed by atoms with Crippen molar-refractivity contribution in [2.24, 2.45) is 11.3 Å². The Morgan fingerprint density at radius 3 is 2.75 bits per heavy atom.